The molecule has 1 rings (SSSR count). The molecule has 14 heavy (non-hydrogen) atoms. The number of halogens is 3. The molecular weight excluding hydrogens is 201 g/mol. The SMILES string of the molecule is Nc1cnc(C(=O)O)c(C(F)(F)F)c1. The lowest BCUT2D eigenvalue weighted by Gasteiger charge is -2.09. The standard InChI is InChI=1S/C7H5F3N2O2/c8-7(9,10)4-1-3(11)2-12-5(4)6(13)14/h1-2H,11H2,(H,13,14). The molecule has 0 aliphatic heterocycles. The van der Waals surface area contributed by atoms with E-state index in [-0.39, 0.29) is 5.69 Å². The smallest absolute Gasteiger partial charge is 0.418 e. The Bertz CT molecular complexity index is 376. The van der Waals surface area contributed by atoms with E-state index in [1.807, 2.05) is 0 Å². The molecule has 0 saturated carbocycles. The number of carboxylic acids is 1. The molecule has 0 amide bonds. The third-order valence-corrected chi connectivity index (χ3v) is 1.42. The van der Waals surface area contributed by atoms with Gasteiger partial charge in [-0.1, -0.05) is 0 Å². The number of rotatable bonds is 1. The van der Waals surface area contributed by atoms with Crippen LogP contribution in [0.4, 0.5) is 18.9 Å². The Morgan fingerprint density at radius 2 is 2.07 bits per heavy atom. The number of anilines is 1. The Labute approximate surface area is 76.2 Å². The Kier molecular flexibility index (Phi) is 2.33. The molecule has 0 spiro atoms. The van der Waals surface area contributed by atoms with E-state index < -0.39 is 23.4 Å². The maximum absolute atomic E-state index is 12.2. The van der Waals surface area contributed by atoms with Gasteiger partial charge in [-0.3, -0.25) is 0 Å². The Morgan fingerprint density at radius 1 is 1.50 bits per heavy atom. The zero-order valence-corrected chi connectivity index (χ0v) is 6.67. The molecule has 0 aliphatic carbocycles. The first-order valence-corrected chi connectivity index (χ1v) is 3.38. The maximum Gasteiger partial charge on any atom is 0.418 e. The van der Waals surface area contributed by atoms with E-state index in [0.29, 0.717) is 6.07 Å². The maximum atomic E-state index is 12.2. The molecule has 0 aromatic carbocycles. The molecule has 3 N–H and O–H groups in total. The van der Waals surface area contributed by atoms with E-state index in [9.17, 15) is 18.0 Å². The number of nitrogens with zero attached hydrogens (tertiary/aromatic N) is 1. The topological polar surface area (TPSA) is 76.2 Å². The van der Waals surface area contributed by atoms with Crippen molar-refractivity contribution < 1.29 is 23.1 Å². The highest BCUT2D eigenvalue weighted by molar-refractivity contribution is 5.87. The van der Waals surface area contributed by atoms with Crippen molar-refractivity contribution in [1.82, 2.24) is 4.98 Å². The van der Waals surface area contributed by atoms with Crippen LogP contribution in [0.3, 0.4) is 0 Å². The summed E-state index contributed by atoms with van der Waals surface area (Å²) in [6.45, 7) is 0. The summed E-state index contributed by atoms with van der Waals surface area (Å²) in [7, 11) is 0. The van der Waals surface area contributed by atoms with E-state index >= 15 is 0 Å². The second kappa shape index (κ2) is 3.17. The van der Waals surface area contributed by atoms with Crippen molar-refractivity contribution in [2.24, 2.45) is 0 Å². The van der Waals surface area contributed by atoms with E-state index in [2.05, 4.69) is 4.98 Å². The number of aromatic nitrogens is 1. The van der Waals surface area contributed by atoms with Crippen molar-refractivity contribution in [2.45, 2.75) is 6.18 Å². The molecule has 0 unspecified atom stereocenters. The van der Waals surface area contributed by atoms with Crippen molar-refractivity contribution in [1.29, 1.82) is 0 Å². The number of aromatic carboxylic acids is 1. The van der Waals surface area contributed by atoms with Crippen molar-refractivity contribution in [3.8, 4) is 0 Å². The molecule has 0 fully saturated rings. The molecule has 0 saturated heterocycles. The normalized spacial score (nSPS) is 11.4. The highest BCUT2D eigenvalue weighted by Crippen LogP contribution is 2.32. The van der Waals surface area contributed by atoms with Gasteiger partial charge in [-0.25, -0.2) is 9.78 Å². The van der Waals surface area contributed by atoms with Crippen LogP contribution in [-0.4, -0.2) is 16.1 Å². The lowest BCUT2D eigenvalue weighted by Crippen LogP contribution is -2.15. The molecule has 4 nitrogen and oxygen atoms in total. The quantitative estimate of drug-likeness (QED) is 0.727. The van der Waals surface area contributed by atoms with Gasteiger partial charge in [0.2, 0.25) is 0 Å². The van der Waals surface area contributed by atoms with Gasteiger partial charge in [0.05, 0.1) is 17.4 Å². The molecule has 76 valence electrons. The fraction of sp³-hybridized carbons (Fsp3) is 0.143. The van der Waals surface area contributed by atoms with Gasteiger partial charge in [-0.2, -0.15) is 13.2 Å². The van der Waals surface area contributed by atoms with Crippen LogP contribution in [0.15, 0.2) is 12.3 Å². The van der Waals surface area contributed by atoms with E-state index in [1.165, 1.54) is 0 Å². The fourth-order valence-corrected chi connectivity index (χ4v) is 0.867. The number of hydrogen-bond donors (Lipinski definition) is 2. The molecule has 1 aromatic heterocycles. The molecule has 0 atom stereocenters. The van der Waals surface area contributed by atoms with Crippen LogP contribution in [0.1, 0.15) is 16.1 Å². The van der Waals surface area contributed by atoms with E-state index in [1.54, 1.807) is 0 Å². The van der Waals surface area contributed by atoms with Gasteiger partial charge in [-0.15, -0.1) is 0 Å². The van der Waals surface area contributed by atoms with Gasteiger partial charge in [0.25, 0.3) is 0 Å². The highest BCUT2D eigenvalue weighted by atomic mass is 19.4. The highest BCUT2D eigenvalue weighted by Gasteiger charge is 2.36. The number of nitrogen functional groups attached to an aromatic ring is 1. The minimum Gasteiger partial charge on any atom is -0.476 e. The van der Waals surface area contributed by atoms with Gasteiger partial charge >= 0.3 is 12.1 Å². The summed E-state index contributed by atoms with van der Waals surface area (Å²) in [5.41, 5.74) is 2.44. The number of carboxylic acid groups (broad SMARTS) is 1. The molecule has 7 heteroatoms. The van der Waals surface area contributed by atoms with Crippen LogP contribution < -0.4 is 5.73 Å². The monoisotopic (exact) mass is 206 g/mol. The van der Waals surface area contributed by atoms with Crippen LogP contribution in [0.5, 0.6) is 0 Å². The number of nitrogens with two attached hydrogens (primary N) is 1. The number of hydrogen-bond acceptors (Lipinski definition) is 3. The Balaban J connectivity index is 3.38. The van der Waals surface area contributed by atoms with Crippen LogP contribution in [-0.2, 0) is 6.18 Å². The first-order valence-electron chi connectivity index (χ1n) is 3.38. The second-order valence-electron chi connectivity index (χ2n) is 2.47. The van der Waals surface area contributed by atoms with Gasteiger partial charge in [0, 0.05) is 0 Å². The summed E-state index contributed by atoms with van der Waals surface area (Å²) in [5.74, 6) is -1.74. The van der Waals surface area contributed by atoms with Crippen molar-refractivity contribution >= 4 is 11.7 Å². The van der Waals surface area contributed by atoms with Crippen LogP contribution in [0, 0.1) is 0 Å². The molecule has 0 bridgehead atoms. The largest absolute Gasteiger partial charge is 0.476 e. The molecular formula is C7H5F3N2O2. The van der Waals surface area contributed by atoms with Crippen molar-refractivity contribution in [2.75, 3.05) is 5.73 Å². The van der Waals surface area contributed by atoms with Crippen LogP contribution in [0.25, 0.3) is 0 Å². The number of pyridine rings is 1. The summed E-state index contributed by atoms with van der Waals surface area (Å²) in [5, 5.41) is 8.42. The third-order valence-electron chi connectivity index (χ3n) is 1.42. The van der Waals surface area contributed by atoms with Crippen molar-refractivity contribution in [3.63, 3.8) is 0 Å². The average Bonchev–Trinajstić information content (AvgIpc) is 2.01. The van der Waals surface area contributed by atoms with Crippen molar-refractivity contribution in [3.05, 3.63) is 23.5 Å². The molecule has 1 aromatic rings. The Morgan fingerprint density at radius 3 is 2.50 bits per heavy atom. The molecule has 0 radical (unpaired) electrons. The van der Waals surface area contributed by atoms with Gasteiger partial charge in [0.15, 0.2) is 5.69 Å². The zero-order chi connectivity index (χ0) is 10.9. The fourth-order valence-electron chi connectivity index (χ4n) is 0.867. The summed E-state index contributed by atoms with van der Waals surface area (Å²) in [4.78, 5) is 13.5. The second-order valence-corrected chi connectivity index (χ2v) is 2.47. The zero-order valence-electron chi connectivity index (χ0n) is 6.67. The number of alkyl halides is 3. The Hall–Kier alpha value is -1.79. The van der Waals surface area contributed by atoms with Crippen LogP contribution >= 0.6 is 0 Å². The molecule has 1 heterocycles. The molecule has 0 aliphatic rings. The first-order chi connectivity index (χ1) is 6.32. The summed E-state index contributed by atoms with van der Waals surface area (Å²) < 4.78 is 36.7. The first kappa shape index (κ1) is 10.3. The van der Waals surface area contributed by atoms with Gasteiger partial charge in [0.1, 0.15) is 0 Å². The minimum absolute atomic E-state index is 0.234. The third kappa shape index (κ3) is 1.93. The lowest BCUT2D eigenvalue weighted by molar-refractivity contribution is -0.138. The summed E-state index contributed by atoms with van der Waals surface area (Å²) >= 11 is 0. The van der Waals surface area contributed by atoms with E-state index in [4.69, 9.17) is 10.8 Å². The van der Waals surface area contributed by atoms with E-state index in [0.717, 1.165) is 6.20 Å². The lowest BCUT2D eigenvalue weighted by atomic mass is 10.2. The predicted molar refractivity (Wildman–Crippen MR) is 40.6 cm³/mol. The summed E-state index contributed by atoms with van der Waals surface area (Å²) in [6.07, 6.45) is -3.91. The summed E-state index contributed by atoms with van der Waals surface area (Å²) in [6, 6.07) is 0.538. The van der Waals surface area contributed by atoms with Crippen LogP contribution in [0.2, 0.25) is 0 Å². The predicted octanol–water partition coefficient (Wildman–Crippen LogP) is 1.38. The van der Waals surface area contributed by atoms with Gasteiger partial charge in [-0.05, 0) is 6.07 Å². The minimum atomic E-state index is -4.77. The number of carbonyl (C=O) groups is 1. The van der Waals surface area contributed by atoms with Gasteiger partial charge < -0.3 is 10.8 Å². The average molecular weight is 206 g/mol.